The molecule has 0 unspecified atom stereocenters. The monoisotopic (exact) mass is 407 g/mol. The van der Waals surface area contributed by atoms with Crippen LogP contribution in [0, 0.1) is 6.92 Å². The fraction of sp³-hybridized carbons (Fsp3) is 0.429. The normalized spacial score (nSPS) is 15.4. The lowest BCUT2D eigenvalue weighted by Crippen LogP contribution is -2.30. The maximum absolute atomic E-state index is 12.9. The number of hydrogen-bond acceptors (Lipinski definition) is 4. The predicted octanol–water partition coefficient (Wildman–Crippen LogP) is 3.56. The molecule has 1 aliphatic rings. The molecule has 29 heavy (non-hydrogen) atoms. The molecule has 2 heterocycles. The molecule has 1 N–H and O–H groups in total. The van der Waals surface area contributed by atoms with E-state index in [2.05, 4.69) is 10.00 Å². The summed E-state index contributed by atoms with van der Waals surface area (Å²) in [7, 11) is 0. The molecule has 0 bridgehead atoms. The molecule has 0 amide bonds. The third-order valence-electron chi connectivity index (χ3n) is 5.22. The Morgan fingerprint density at radius 2 is 2.07 bits per heavy atom. The van der Waals surface area contributed by atoms with Gasteiger partial charge in [-0.3, -0.25) is 14.4 Å². The molecule has 0 aliphatic carbocycles. The van der Waals surface area contributed by atoms with E-state index in [-0.39, 0.29) is 12.4 Å². The number of Topliss-reactive ketones (excluding diaryl/α,β-unsaturated/α-hetero) is 1. The molecule has 5 nitrogen and oxygen atoms in total. The van der Waals surface area contributed by atoms with Crippen molar-refractivity contribution in [2.24, 2.45) is 0 Å². The molecule has 2 aromatic rings. The Balaban J connectivity index is 1.57. The SMILES string of the molecule is Cc1c(C(=O)CCN2CC=C(c3cccc(C(F)(F)F)c3)CC2)cnn1CCO. The molecule has 0 spiro atoms. The van der Waals surface area contributed by atoms with Crippen LogP contribution in [0.5, 0.6) is 0 Å². The number of alkyl halides is 3. The number of carbonyl (C=O) groups is 1. The van der Waals surface area contributed by atoms with E-state index >= 15 is 0 Å². The lowest BCUT2D eigenvalue weighted by atomic mass is 9.97. The molecule has 0 saturated heterocycles. The van der Waals surface area contributed by atoms with E-state index in [9.17, 15) is 18.0 Å². The van der Waals surface area contributed by atoms with E-state index in [0.717, 1.165) is 17.3 Å². The predicted molar refractivity (Wildman–Crippen MR) is 103 cm³/mol. The van der Waals surface area contributed by atoms with Gasteiger partial charge in [0.1, 0.15) is 0 Å². The van der Waals surface area contributed by atoms with Gasteiger partial charge in [-0.15, -0.1) is 0 Å². The van der Waals surface area contributed by atoms with Gasteiger partial charge in [-0.05, 0) is 36.6 Å². The standard InChI is InChI=1S/C21H24F3N3O2/c1-15-19(14-25-27(15)11-12-28)20(29)7-10-26-8-5-16(6-9-26)17-3-2-4-18(13-17)21(22,23)24/h2-5,13-14,28H,6-12H2,1H3. The lowest BCUT2D eigenvalue weighted by molar-refractivity contribution is -0.137. The molecule has 1 aliphatic heterocycles. The van der Waals surface area contributed by atoms with Crippen molar-refractivity contribution in [3.8, 4) is 0 Å². The Hall–Kier alpha value is -2.45. The van der Waals surface area contributed by atoms with Crippen molar-refractivity contribution in [3.05, 3.63) is 58.9 Å². The third kappa shape index (κ3) is 5.13. The van der Waals surface area contributed by atoms with Gasteiger partial charge in [0, 0.05) is 31.7 Å². The highest BCUT2D eigenvalue weighted by atomic mass is 19.4. The summed E-state index contributed by atoms with van der Waals surface area (Å²) in [6.45, 7) is 4.00. The molecule has 0 radical (unpaired) electrons. The van der Waals surface area contributed by atoms with E-state index in [4.69, 9.17) is 5.11 Å². The number of rotatable bonds is 7. The van der Waals surface area contributed by atoms with Crippen LogP contribution in [-0.4, -0.2) is 51.8 Å². The van der Waals surface area contributed by atoms with E-state index in [0.29, 0.717) is 50.1 Å². The van der Waals surface area contributed by atoms with Crippen LogP contribution in [0.25, 0.3) is 5.57 Å². The Morgan fingerprint density at radius 1 is 1.28 bits per heavy atom. The highest BCUT2D eigenvalue weighted by molar-refractivity contribution is 5.97. The van der Waals surface area contributed by atoms with Gasteiger partial charge < -0.3 is 5.11 Å². The summed E-state index contributed by atoms with van der Waals surface area (Å²) < 4.78 is 40.3. The first-order valence-electron chi connectivity index (χ1n) is 9.55. The first-order valence-corrected chi connectivity index (χ1v) is 9.55. The fourth-order valence-electron chi connectivity index (χ4n) is 3.51. The topological polar surface area (TPSA) is 58.4 Å². The van der Waals surface area contributed by atoms with E-state index in [1.165, 1.54) is 18.3 Å². The van der Waals surface area contributed by atoms with Crippen molar-refractivity contribution in [1.82, 2.24) is 14.7 Å². The summed E-state index contributed by atoms with van der Waals surface area (Å²) >= 11 is 0. The molecular formula is C21H24F3N3O2. The molecule has 156 valence electrons. The molecule has 8 heteroatoms. The summed E-state index contributed by atoms with van der Waals surface area (Å²) in [5.41, 5.74) is 2.17. The molecule has 3 rings (SSSR count). The molecular weight excluding hydrogens is 383 g/mol. The Morgan fingerprint density at radius 3 is 2.72 bits per heavy atom. The zero-order chi connectivity index (χ0) is 21.0. The minimum Gasteiger partial charge on any atom is -0.394 e. The fourth-order valence-corrected chi connectivity index (χ4v) is 3.51. The summed E-state index contributed by atoms with van der Waals surface area (Å²) in [6, 6.07) is 5.41. The second-order valence-corrected chi connectivity index (χ2v) is 7.12. The molecule has 0 atom stereocenters. The first-order chi connectivity index (χ1) is 13.8. The number of aliphatic hydroxyl groups is 1. The highest BCUT2D eigenvalue weighted by Crippen LogP contribution is 2.32. The van der Waals surface area contributed by atoms with Crippen LogP contribution < -0.4 is 0 Å². The van der Waals surface area contributed by atoms with Crippen molar-refractivity contribution in [2.75, 3.05) is 26.2 Å². The Kier molecular flexibility index (Phi) is 6.54. The van der Waals surface area contributed by atoms with Gasteiger partial charge in [-0.1, -0.05) is 18.2 Å². The van der Waals surface area contributed by atoms with Crippen LogP contribution in [0.2, 0.25) is 0 Å². The van der Waals surface area contributed by atoms with Crippen molar-refractivity contribution in [3.63, 3.8) is 0 Å². The van der Waals surface area contributed by atoms with Gasteiger partial charge in [0.15, 0.2) is 5.78 Å². The van der Waals surface area contributed by atoms with Crippen LogP contribution in [0.4, 0.5) is 13.2 Å². The number of halogens is 3. The van der Waals surface area contributed by atoms with Crippen LogP contribution in [0.1, 0.15) is 40.0 Å². The summed E-state index contributed by atoms with van der Waals surface area (Å²) in [5.74, 6) is -0.000607. The molecule has 1 aromatic carbocycles. The van der Waals surface area contributed by atoms with Crippen LogP contribution in [0.3, 0.4) is 0 Å². The number of hydrogen-bond donors (Lipinski definition) is 1. The maximum atomic E-state index is 12.9. The summed E-state index contributed by atoms with van der Waals surface area (Å²) in [6.07, 6.45) is 0.116. The number of ketones is 1. The van der Waals surface area contributed by atoms with Crippen LogP contribution >= 0.6 is 0 Å². The number of aliphatic hydroxyl groups excluding tert-OH is 1. The average molecular weight is 407 g/mol. The lowest BCUT2D eigenvalue weighted by Gasteiger charge is -2.26. The largest absolute Gasteiger partial charge is 0.416 e. The highest BCUT2D eigenvalue weighted by Gasteiger charge is 2.30. The van der Waals surface area contributed by atoms with Gasteiger partial charge in [0.2, 0.25) is 0 Å². The molecule has 0 fully saturated rings. The molecule has 0 saturated carbocycles. The van der Waals surface area contributed by atoms with Gasteiger partial charge in [0.05, 0.1) is 30.5 Å². The van der Waals surface area contributed by atoms with Gasteiger partial charge in [-0.2, -0.15) is 18.3 Å². The number of carbonyl (C=O) groups excluding carboxylic acids is 1. The van der Waals surface area contributed by atoms with Gasteiger partial charge >= 0.3 is 6.18 Å². The maximum Gasteiger partial charge on any atom is 0.416 e. The Labute approximate surface area is 167 Å². The van der Waals surface area contributed by atoms with Gasteiger partial charge in [0.25, 0.3) is 0 Å². The van der Waals surface area contributed by atoms with Crippen LogP contribution in [0.15, 0.2) is 36.5 Å². The smallest absolute Gasteiger partial charge is 0.394 e. The first kappa shape index (κ1) is 21.3. The minimum absolute atomic E-state index is 0.000607. The zero-order valence-corrected chi connectivity index (χ0v) is 16.2. The Bertz CT molecular complexity index is 903. The quantitative estimate of drug-likeness (QED) is 0.713. The van der Waals surface area contributed by atoms with Crippen molar-refractivity contribution in [1.29, 1.82) is 0 Å². The third-order valence-corrected chi connectivity index (χ3v) is 5.22. The second kappa shape index (κ2) is 8.92. The minimum atomic E-state index is -4.35. The van der Waals surface area contributed by atoms with Gasteiger partial charge in [-0.25, -0.2) is 0 Å². The van der Waals surface area contributed by atoms with E-state index in [1.54, 1.807) is 17.7 Å². The van der Waals surface area contributed by atoms with Crippen molar-refractivity contribution >= 4 is 11.4 Å². The zero-order valence-electron chi connectivity index (χ0n) is 16.2. The number of benzene rings is 1. The number of aromatic nitrogens is 2. The van der Waals surface area contributed by atoms with E-state index < -0.39 is 11.7 Å². The average Bonchev–Trinajstić information content (AvgIpc) is 3.07. The van der Waals surface area contributed by atoms with Crippen molar-refractivity contribution in [2.45, 2.75) is 32.5 Å². The summed E-state index contributed by atoms with van der Waals surface area (Å²) in [5, 5.41) is 13.1. The second-order valence-electron chi connectivity index (χ2n) is 7.12. The summed E-state index contributed by atoms with van der Waals surface area (Å²) in [4.78, 5) is 14.6. The van der Waals surface area contributed by atoms with Crippen molar-refractivity contribution < 1.29 is 23.1 Å². The van der Waals surface area contributed by atoms with E-state index in [1.807, 2.05) is 6.08 Å². The number of nitrogens with zero attached hydrogens (tertiary/aromatic N) is 3. The van der Waals surface area contributed by atoms with Crippen LogP contribution in [-0.2, 0) is 12.7 Å². The molecule has 1 aromatic heterocycles.